The van der Waals surface area contributed by atoms with Crippen molar-refractivity contribution in [2.24, 2.45) is 0 Å². The first kappa shape index (κ1) is 25.7. The van der Waals surface area contributed by atoms with Gasteiger partial charge in [0.2, 0.25) is 21.8 Å². The molecule has 1 unspecified atom stereocenters. The second-order valence-electron chi connectivity index (χ2n) is 8.10. The van der Waals surface area contributed by atoms with Crippen molar-refractivity contribution >= 4 is 39.1 Å². The minimum absolute atomic E-state index is 0.0970. The lowest BCUT2D eigenvalue weighted by molar-refractivity contribution is -0.139. The van der Waals surface area contributed by atoms with E-state index in [1.165, 1.54) is 11.0 Å². The molecule has 2 aromatic rings. The molecule has 2 rings (SSSR count). The van der Waals surface area contributed by atoms with E-state index in [0.717, 1.165) is 21.7 Å². The molecule has 0 aromatic heterocycles. The molecule has 0 spiro atoms. The first-order valence-corrected chi connectivity index (χ1v) is 12.5. The number of rotatable bonds is 9. The van der Waals surface area contributed by atoms with E-state index in [1.807, 2.05) is 45.0 Å². The van der Waals surface area contributed by atoms with E-state index >= 15 is 0 Å². The zero-order chi connectivity index (χ0) is 24.1. The van der Waals surface area contributed by atoms with Gasteiger partial charge in [-0.3, -0.25) is 13.9 Å². The number of anilines is 1. The SMILES string of the molecule is Cc1ccc(CN(C(=O)CN(c2cccc(Cl)c2)S(C)(=O)=O)C(C)C(=O)NC(C)C)cc1. The number of amides is 2. The number of nitrogens with zero attached hydrogens (tertiary/aromatic N) is 2. The van der Waals surface area contributed by atoms with Crippen molar-refractivity contribution < 1.29 is 18.0 Å². The monoisotopic (exact) mass is 479 g/mol. The number of benzene rings is 2. The highest BCUT2D eigenvalue weighted by molar-refractivity contribution is 7.92. The standard InChI is InChI=1S/C23H30ClN3O4S/c1-16(2)25-23(29)18(4)26(14-19-11-9-17(3)10-12-19)22(28)15-27(32(5,30)31)21-8-6-7-20(24)13-21/h6-13,16,18H,14-15H2,1-5H3,(H,25,29). The van der Waals surface area contributed by atoms with Gasteiger partial charge in [0.25, 0.3) is 0 Å². The Morgan fingerprint density at radius 2 is 1.69 bits per heavy atom. The van der Waals surface area contributed by atoms with Crippen LogP contribution in [0, 0.1) is 6.92 Å². The van der Waals surface area contributed by atoms with Crippen LogP contribution in [0.3, 0.4) is 0 Å². The van der Waals surface area contributed by atoms with E-state index < -0.39 is 28.5 Å². The molecule has 0 aliphatic carbocycles. The van der Waals surface area contributed by atoms with Crippen LogP contribution in [0.25, 0.3) is 0 Å². The second-order valence-corrected chi connectivity index (χ2v) is 10.4. The number of carbonyl (C=O) groups is 2. The van der Waals surface area contributed by atoms with Gasteiger partial charge in [-0.15, -0.1) is 0 Å². The average molecular weight is 480 g/mol. The largest absolute Gasteiger partial charge is 0.352 e. The van der Waals surface area contributed by atoms with Crippen molar-refractivity contribution in [3.63, 3.8) is 0 Å². The van der Waals surface area contributed by atoms with E-state index in [-0.39, 0.29) is 24.2 Å². The lowest BCUT2D eigenvalue weighted by atomic mass is 10.1. The maximum Gasteiger partial charge on any atom is 0.244 e. The van der Waals surface area contributed by atoms with Crippen molar-refractivity contribution in [3.8, 4) is 0 Å². The smallest absolute Gasteiger partial charge is 0.244 e. The molecule has 0 saturated heterocycles. The Hall–Kier alpha value is -2.58. The number of sulfonamides is 1. The Morgan fingerprint density at radius 1 is 1.06 bits per heavy atom. The molecule has 7 nitrogen and oxygen atoms in total. The lowest BCUT2D eigenvalue weighted by Gasteiger charge is -2.32. The summed E-state index contributed by atoms with van der Waals surface area (Å²) in [5.74, 6) is -0.809. The maximum atomic E-state index is 13.4. The van der Waals surface area contributed by atoms with Crippen molar-refractivity contribution in [2.45, 2.75) is 46.3 Å². The second kappa shape index (κ2) is 10.8. The predicted octanol–water partition coefficient (Wildman–Crippen LogP) is 3.36. The molecule has 0 heterocycles. The Morgan fingerprint density at radius 3 is 2.22 bits per heavy atom. The molecule has 0 bridgehead atoms. The van der Waals surface area contributed by atoms with Crippen molar-refractivity contribution in [2.75, 3.05) is 17.1 Å². The van der Waals surface area contributed by atoms with Crippen LogP contribution in [0.4, 0.5) is 5.69 Å². The normalized spacial score (nSPS) is 12.3. The third kappa shape index (κ3) is 7.24. The molecule has 0 fully saturated rings. The quantitative estimate of drug-likeness (QED) is 0.597. The molecule has 0 aliphatic rings. The summed E-state index contributed by atoms with van der Waals surface area (Å²) in [5, 5.41) is 3.17. The highest BCUT2D eigenvalue weighted by Gasteiger charge is 2.30. The zero-order valence-corrected chi connectivity index (χ0v) is 20.6. The maximum absolute atomic E-state index is 13.4. The van der Waals surface area contributed by atoms with E-state index in [9.17, 15) is 18.0 Å². The summed E-state index contributed by atoms with van der Waals surface area (Å²) in [5.41, 5.74) is 2.19. The Bertz CT molecular complexity index is 1060. The van der Waals surface area contributed by atoms with Crippen molar-refractivity contribution in [1.82, 2.24) is 10.2 Å². The van der Waals surface area contributed by atoms with Gasteiger partial charge in [0.15, 0.2) is 0 Å². The van der Waals surface area contributed by atoms with Crippen molar-refractivity contribution in [1.29, 1.82) is 0 Å². The first-order valence-electron chi connectivity index (χ1n) is 10.3. The highest BCUT2D eigenvalue weighted by Crippen LogP contribution is 2.22. The number of hydrogen-bond acceptors (Lipinski definition) is 4. The summed E-state index contributed by atoms with van der Waals surface area (Å²) in [6.45, 7) is 6.97. The third-order valence-corrected chi connectivity index (χ3v) is 6.22. The van der Waals surface area contributed by atoms with Gasteiger partial charge < -0.3 is 10.2 Å². The minimum Gasteiger partial charge on any atom is -0.352 e. The van der Waals surface area contributed by atoms with Gasteiger partial charge in [-0.2, -0.15) is 0 Å². The van der Waals surface area contributed by atoms with Crippen LogP contribution in [0.15, 0.2) is 48.5 Å². The van der Waals surface area contributed by atoms with Gasteiger partial charge in [-0.25, -0.2) is 8.42 Å². The summed E-state index contributed by atoms with van der Waals surface area (Å²) in [4.78, 5) is 27.4. The molecule has 2 amide bonds. The Balaban J connectivity index is 2.38. The van der Waals surface area contributed by atoms with Crippen molar-refractivity contribution in [3.05, 3.63) is 64.7 Å². The Labute approximate surface area is 195 Å². The average Bonchev–Trinajstić information content (AvgIpc) is 2.69. The molecule has 0 radical (unpaired) electrons. The third-order valence-electron chi connectivity index (χ3n) is 4.85. The number of hydrogen-bond donors (Lipinski definition) is 1. The molecular weight excluding hydrogens is 450 g/mol. The van der Waals surface area contributed by atoms with Gasteiger partial charge >= 0.3 is 0 Å². The molecule has 0 saturated carbocycles. The van der Waals surface area contributed by atoms with Gasteiger partial charge in [-0.1, -0.05) is 47.5 Å². The summed E-state index contributed by atoms with van der Waals surface area (Å²) >= 11 is 6.03. The van der Waals surface area contributed by atoms with Gasteiger partial charge in [0.05, 0.1) is 11.9 Å². The number of aryl methyl sites for hydroxylation is 1. The summed E-state index contributed by atoms with van der Waals surface area (Å²) in [6, 6.07) is 13.0. The van der Waals surface area contributed by atoms with Gasteiger partial charge in [0.1, 0.15) is 12.6 Å². The topological polar surface area (TPSA) is 86.8 Å². The van der Waals surface area contributed by atoms with Crippen LogP contribution in [0.5, 0.6) is 0 Å². The summed E-state index contributed by atoms with van der Waals surface area (Å²) in [7, 11) is -3.78. The van der Waals surface area contributed by atoms with Gasteiger partial charge in [-0.05, 0) is 51.5 Å². The molecule has 1 N–H and O–H groups in total. The molecule has 0 aliphatic heterocycles. The molecule has 174 valence electrons. The van der Waals surface area contributed by atoms with E-state index in [0.29, 0.717) is 5.02 Å². The number of carbonyl (C=O) groups excluding carboxylic acids is 2. The number of halogens is 1. The summed E-state index contributed by atoms with van der Waals surface area (Å²) in [6.07, 6.45) is 1.03. The predicted molar refractivity (Wildman–Crippen MR) is 128 cm³/mol. The molecule has 1 atom stereocenters. The minimum atomic E-state index is -3.78. The summed E-state index contributed by atoms with van der Waals surface area (Å²) < 4.78 is 26.0. The van der Waals surface area contributed by atoms with E-state index in [4.69, 9.17) is 11.6 Å². The zero-order valence-electron chi connectivity index (χ0n) is 19.0. The number of nitrogens with one attached hydrogen (secondary N) is 1. The van der Waals surface area contributed by atoms with Crippen LogP contribution in [0.1, 0.15) is 31.9 Å². The fourth-order valence-electron chi connectivity index (χ4n) is 3.12. The van der Waals surface area contributed by atoms with Crippen LogP contribution in [-0.4, -0.2) is 50.0 Å². The lowest BCUT2D eigenvalue weighted by Crippen LogP contribution is -2.52. The Kier molecular flexibility index (Phi) is 8.69. The van der Waals surface area contributed by atoms with Crippen LogP contribution in [0.2, 0.25) is 5.02 Å². The van der Waals surface area contributed by atoms with Crippen LogP contribution in [-0.2, 0) is 26.2 Å². The molecule has 2 aromatic carbocycles. The van der Waals surface area contributed by atoms with Crippen LogP contribution >= 0.6 is 11.6 Å². The fraction of sp³-hybridized carbons (Fsp3) is 0.391. The first-order chi connectivity index (χ1) is 14.9. The molecular formula is C23H30ClN3O4S. The highest BCUT2D eigenvalue weighted by atomic mass is 35.5. The van der Waals surface area contributed by atoms with Gasteiger partial charge in [0, 0.05) is 17.6 Å². The fourth-order valence-corrected chi connectivity index (χ4v) is 4.15. The van der Waals surface area contributed by atoms with Crippen LogP contribution < -0.4 is 9.62 Å². The molecule has 9 heteroatoms. The van der Waals surface area contributed by atoms with E-state index in [1.54, 1.807) is 25.1 Å². The van der Waals surface area contributed by atoms with E-state index in [2.05, 4.69) is 5.32 Å². The molecule has 32 heavy (non-hydrogen) atoms.